The van der Waals surface area contributed by atoms with Gasteiger partial charge in [0.05, 0.1) is 0 Å². The van der Waals surface area contributed by atoms with Gasteiger partial charge in [-0.2, -0.15) is 0 Å². The molecule has 2 aliphatic rings. The molecular formula is C16H17NO3S. The minimum atomic E-state index is 0.236. The van der Waals surface area contributed by atoms with E-state index in [0.29, 0.717) is 11.8 Å². The second kappa shape index (κ2) is 5.24. The van der Waals surface area contributed by atoms with E-state index in [4.69, 9.17) is 9.47 Å². The van der Waals surface area contributed by atoms with Crippen LogP contribution in [0.1, 0.15) is 23.3 Å². The zero-order valence-electron chi connectivity index (χ0n) is 11.6. The van der Waals surface area contributed by atoms with Gasteiger partial charge in [-0.15, -0.1) is 11.3 Å². The molecule has 4 rings (SSSR count). The van der Waals surface area contributed by atoms with Crippen LogP contribution in [0.25, 0.3) is 0 Å². The van der Waals surface area contributed by atoms with Crippen molar-refractivity contribution in [1.29, 1.82) is 0 Å². The van der Waals surface area contributed by atoms with Crippen molar-refractivity contribution in [2.75, 3.05) is 6.79 Å². The molecule has 0 amide bonds. The van der Waals surface area contributed by atoms with Gasteiger partial charge >= 0.3 is 0 Å². The fraction of sp³-hybridized carbons (Fsp3) is 0.375. The van der Waals surface area contributed by atoms with Crippen LogP contribution in [0.4, 0.5) is 0 Å². The highest BCUT2D eigenvalue weighted by Crippen LogP contribution is 2.39. The number of phenolic OH excluding ortho intramolecular Hbond substituents is 1. The molecule has 4 nitrogen and oxygen atoms in total. The highest BCUT2D eigenvalue weighted by molar-refractivity contribution is 7.09. The smallest absolute Gasteiger partial charge is 0.231 e. The van der Waals surface area contributed by atoms with Crippen LogP contribution in [0, 0.1) is 0 Å². The number of benzene rings is 1. The Hall–Kier alpha value is -1.72. The molecule has 1 N–H and O–H groups in total. The van der Waals surface area contributed by atoms with E-state index >= 15 is 0 Å². The standard InChI is InChI=1S/C16H17NO3S/c18-14-7-16-15(19-10-20-16)6-11(14)8-17(12-3-4-12)9-13-2-1-5-21-13/h1-2,5-7,12,18H,3-4,8-10H2. The Bertz CT molecular complexity index is 637. The SMILES string of the molecule is Oc1cc2c(cc1CN(Cc1cccs1)C1CC1)OCO2. The van der Waals surface area contributed by atoms with Crippen LogP contribution in [0.2, 0.25) is 0 Å². The Balaban J connectivity index is 1.55. The van der Waals surface area contributed by atoms with Crippen molar-refractivity contribution in [3.05, 3.63) is 40.1 Å². The van der Waals surface area contributed by atoms with Crippen molar-refractivity contribution >= 4 is 11.3 Å². The molecule has 1 aromatic carbocycles. The zero-order valence-corrected chi connectivity index (χ0v) is 12.4. The Kier molecular flexibility index (Phi) is 3.24. The van der Waals surface area contributed by atoms with E-state index in [0.717, 1.165) is 24.4 Å². The van der Waals surface area contributed by atoms with Gasteiger partial charge in [-0.25, -0.2) is 0 Å². The fourth-order valence-corrected chi connectivity index (χ4v) is 3.40. The van der Waals surface area contributed by atoms with Crippen LogP contribution >= 0.6 is 11.3 Å². The van der Waals surface area contributed by atoms with Crippen molar-refractivity contribution < 1.29 is 14.6 Å². The first-order valence-electron chi connectivity index (χ1n) is 7.17. The van der Waals surface area contributed by atoms with Gasteiger partial charge in [0.1, 0.15) is 5.75 Å². The number of aromatic hydroxyl groups is 1. The Morgan fingerprint density at radius 1 is 1.19 bits per heavy atom. The van der Waals surface area contributed by atoms with Crippen LogP contribution in [0.3, 0.4) is 0 Å². The van der Waals surface area contributed by atoms with Crippen molar-refractivity contribution in [1.82, 2.24) is 4.90 Å². The summed E-state index contributed by atoms with van der Waals surface area (Å²) in [7, 11) is 0. The summed E-state index contributed by atoms with van der Waals surface area (Å²) < 4.78 is 10.7. The first-order chi connectivity index (χ1) is 10.3. The highest BCUT2D eigenvalue weighted by Gasteiger charge is 2.30. The van der Waals surface area contributed by atoms with Gasteiger partial charge in [0.2, 0.25) is 6.79 Å². The molecule has 110 valence electrons. The first kappa shape index (κ1) is 13.0. The summed E-state index contributed by atoms with van der Waals surface area (Å²) in [5.74, 6) is 1.65. The van der Waals surface area contributed by atoms with Crippen LogP contribution in [-0.4, -0.2) is 22.8 Å². The van der Waals surface area contributed by atoms with Gasteiger partial charge in [0.15, 0.2) is 11.5 Å². The summed E-state index contributed by atoms with van der Waals surface area (Å²) in [6.07, 6.45) is 2.49. The first-order valence-corrected chi connectivity index (χ1v) is 8.05. The number of rotatable bonds is 5. The molecule has 1 fully saturated rings. The average molecular weight is 303 g/mol. The zero-order chi connectivity index (χ0) is 14.2. The monoisotopic (exact) mass is 303 g/mol. The number of nitrogens with zero attached hydrogens (tertiary/aromatic N) is 1. The third-order valence-electron chi connectivity index (χ3n) is 3.95. The van der Waals surface area contributed by atoms with Gasteiger partial charge in [0.25, 0.3) is 0 Å². The largest absolute Gasteiger partial charge is 0.507 e. The Morgan fingerprint density at radius 3 is 2.71 bits per heavy atom. The van der Waals surface area contributed by atoms with Crippen molar-refractivity contribution in [3.63, 3.8) is 0 Å². The number of ether oxygens (including phenoxy) is 2. The van der Waals surface area contributed by atoms with E-state index in [9.17, 15) is 5.11 Å². The molecule has 0 atom stereocenters. The van der Waals surface area contributed by atoms with Crippen LogP contribution in [-0.2, 0) is 13.1 Å². The summed E-state index contributed by atoms with van der Waals surface area (Å²) in [5, 5.41) is 12.3. The maximum atomic E-state index is 10.2. The predicted octanol–water partition coefficient (Wildman–Crippen LogP) is 3.35. The van der Waals surface area contributed by atoms with E-state index < -0.39 is 0 Å². The van der Waals surface area contributed by atoms with Crippen LogP contribution in [0.15, 0.2) is 29.6 Å². The van der Waals surface area contributed by atoms with Gasteiger partial charge < -0.3 is 14.6 Å². The second-order valence-corrected chi connectivity index (χ2v) is 6.58. The molecular weight excluding hydrogens is 286 g/mol. The molecule has 0 radical (unpaired) electrons. The number of hydrogen-bond donors (Lipinski definition) is 1. The summed E-state index contributed by atoms with van der Waals surface area (Å²) in [6, 6.07) is 8.45. The molecule has 21 heavy (non-hydrogen) atoms. The normalized spacial score (nSPS) is 16.6. The molecule has 0 bridgehead atoms. The molecule has 2 aromatic rings. The van der Waals surface area contributed by atoms with Crippen molar-refractivity contribution in [2.45, 2.75) is 32.0 Å². The second-order valence-electron chi connectivity index (χ2n) is 5.55. The number of phenols is 1. The predicted molar refractivity (Wildman–Crippen MR) is 80.8 cm³/mol. The Labute approximate surface area is 127 Å². The van der Waals surface area contributed by atoms with Gasteiger partial charge in [-0.05, 0) is 30.4 Å². The molecule has 1 aromatic heterocycles. The summed E-state index contributed by atoms with van der Waals surface area (Å²) in [5.41, 5.74) is 0.905. The quantitative estimate of drug-likeness (QED) is 0.920. The molecule has 2 heterocycles. The lowest BCUT2D eigenvalue weighted by Crippen LogP contribution is -2.24. The van der Waals surface area contributed by atoms with E-state index in [-0.39, 0.29) is 12.5 Å². The lowest BCUT2D eigenvalue weighted by Gasteiger charge is -2.22. The third-order valence-corrected chi connectivity index (χ3v) is 4.81. The minimum Gasteiger partial charge on any atom is -0.507 e. The number of thiophene rings is 1. The molecule has 1 aliphatic carbocycles. The van der Waals surface area contributed by atoms with E-state index in [1.54, 1.807) is 17.4 Å². The van der Waals surface area contributed by atoms with Gasteiger partial charge in [-0.1, -0.05) is 6.07 Å². The lowest BCUT2D eigenvalue weighted by molar-refractivity contribution is 0.173. The molecule has 5 heteroatoms. The number of fused-ring (bicyclic) bond motifs is 1. The Morgan fingerprint density at radius 2 is 2.00 bits per heavy atom. The maximum Gasteiger partial charge on any atom is 0.231 e. The van der Waals surface area contributed by atoms with Gasteiger partial charge in [0, 0.05) is 35.6 Å². The van der Waals surface area contributed by atoms with E-state index in [2.05, 4.69) is 22.4 Å². The topological polar surface area (TPSA) is 41.9 Å². The lowest BCUT2D eigenvalue weighted by atomic mass is 10.1. The van der Waals surface area contributed by atoms with E-state index in [1.165, 1.54) is 17.7 Å². The van der Waals surface area contributed by atoms with Crippen molar-refractivity contribution in [3.8, 4) is 17.2 Å². The molecule has 0 unspecified atom stereocenters. The molecule has 0 saturated heterocycles. The molecule has 1 aliphatic heterocycles. The fourth-order valence-electron chi connectivity index (χ4n) is 2.68. The average Bonchev–Trinajstić information content (AvgIpc) is 3.01. The summed E-state index contributed by atoms with van der Waals surface area (Å²) in [4.78, 5) is 3.80. The summed E-state index contributed by atoms with van der Waals surface area (Å²) in [6.45, 7) is 1.92. The van der Waals surface area contributed by atoms with E-state index in [1.807, 2.05) is 6.07 Å². The third kappa shape index (κ3) is 2.71. The van der Waals surface area contributed by atoms with Gasteiger partial charge in [-0.3, -0.25) is 4.90 Å². The molecule has 0 spiro atoms. The molecule has 1 saturated carbocycles. The minimum absolute atomic E-state index is 0.236. The van der Waals surface area contributed by atoms with Crippen molar-refractivity contribution in [2.24, 2.45) is 0 Å². The van der Waals surface area contributed by atoms with Crippen LogP contribution in [0.5, 0.6) is 17.2 Å². The summed E-state index contributed by atoms with van der Waals surface area (Å²) >= 11 is 1.78. The maximum absolute atomic E-state index is 10.2. The highest BCUT2D eigenvalue weighted by atomic mass is 32.1. The van der Waals surface area contributed by atoms with Crippen LogP contribution < -0.4 is 9.47 Å². The number of hydrogen-bond acceptors (Lipinski definition) is 5.